The van der Waals surface area contributed by atoms with Crippen molar-refractivity contribution in [2.24, 2.45) is 0 Å². The molecule has 1 aliphatic carbocycles. The van der Waals surface area contributed by atoms with Gasteiger partial charge in [-0.15, -0.1) is 0 Å². The number of halogens is 2. The van der Waals surface area contributed by atoms with Gasteiger partial charge in [0.25, 0.3) is 5.92 Å². The standard InChI is InChI=1S/C28H25F2NO5/c1-35-20-11-12-21-22(14-23(36-24(21)13-20)17-7-9-18(10-8-17)25(32)33)31-26(34)27(15-28(29,30)16-27)19-5-3-2-4-6-19/h2-13,22-23H,14-16H2,1H3,(H,31,34)(H,32,33)/t22-,23-/m1/s1. The first-order chi connectivity index (χ1) is 17.2. The minimum absolute atomic E-state index is 0.150. The quantitative estimate of drug-likeness (QED) is 0.478. The van der Waals surface area contributed by atoms with E-state index >= 15 is 0 Å². The SMILES string of the molecule is COc1ccc2c(c1)O[C@@H](c1ccc(C(=O)O)cc1)C[C@H]2NC(=O)C1(c2ccccc2)CC(F)(F)C1. The number of rotatable bonds is 6. The topological polar surface area (TPSA) is 84.9 Å². The molecule has 0 radical (unpaired) electrons. The second-order valence-corrected chi connectivity index (χ2v) is 9.36. The van der Waals surface area contributed by atoms with Gasteiger partial charge >= 0.3 is 5.97 Å². The van der Waals surface area contributed by atoms with Crippen LogP contribution >= 0.6 is 0 Å². The maximum absolute atomic E-state index is 14.1. The van der Waals surface area contributed by atoms with E-state index in [1.54, 1.807) is 60.7 Å². The van der Waals surface area contributed by atoms with Crippen molar-refractivity contribution in [2.45, 2.75) is 42.7 Å². The average Bonchev–Trinajstić information content (AvgIpc) is 2.87. The lowest BCUT2D eigenvalue weighted by atomic mass is 9.61. The van der Waals surface area contributed by atoms with E-state index in [0.29, 0.717) is 23.5 Å². The van der Waals surface area contributed by atoms with Gasteiger partial charge in [-0.3, -0.25) is 4.79 Å². The molecule has 1 fully saturated rings. The zero-order chi connectivity index (χ0) is 25.5. The number of amides is 1. The number of fused-ring (bicyclic) bond motifs is 1. The molecule has 3 aromatic carbocycles. The van der Waals surface area contributed by atoms with E-state index < -0.39 is 48.2 Å². The lowest BCUT2D eigenvalue weighted by molar-refractivity contribution is -0.159. The van der Waals surface area contributed by atoms with Crippen molar-refractivity contribution in [1.82, 2.24) is 5.32 Å². The van der Waals surface area contributed by atoms with Crippen LogP contribution in [0.5, 0.6) is 11.5 Å². The second kappa shape index (κ2) is 8.93. The summed E-state index contributed by atoms with van der Waals surface area (Å²) in [4.78, 5) is 24.9. The number of carbonyl (C=O) groups excluding carboxylic acids is 1. The van der Waals surface area contributed by atoms with Gasteiger partial charge in [-0.1, -0.05) is 42.5 Å². The Labute approximate surface area is 206 Å². The van der Waals surface area contributed by atoms with Crippen LogP contribution in [0.15, 0.2) is 72.8 Å². The summed E-state index contributed by atoms with van der Waals surface area (Å²) in [6.45, 7) is 0. The molecule has 0 aromatic heterocycles. The first-order valence-electron chi connectivity index (χ1n) is 11.6. The smallest absolute Gasteiger partial charge is 0.335 e. The number of benzene rings is 3. The Morgan fingerprint density at radius 1 is 1.03 bits per heavy atom. The molecule has 186 valence electrons. The van der Waals surface area contributed by atoms with Crippen LogP contribution in [0, 0.1) is 0 Å². The molecule has 36 heavy (non-hydrogen) atoms. The number of carboxylic acids is 1. The fourth-order valence-electron chi connectivity index (χ4n) is 5.14. The molecular formula is C28H25F2NO5. The third-order valence-corrected chi connectivity index (χ3v) is 7.03. The van der Waals surface area contributed by atoms with Gasteiger partial charge in [0.05, 0.1) is 24.1 Å². The van der Waals surface area contributed by atoms with Gasteiger partial charge < -0.3 is 19.9 Å². The Bertz CT molecular complexity index is 1290. The minimum atomic E-state index is -2.90. The van der Waals surface area contributed by atoms with Crippen LogP contribution < -0.4 is 14.8 Å². The fraction of sp³-hybridized carbons (Fsp3) is 0.286. The highest BCUT2D eigenvalue weighted by Crippen LogP contribution is 2.54. The lowest BCUT2D eigenvalue weighted by Crippen LogP contribution is -2.58. The zero-order valence-corrected chi connectivity index (χ0v) is 19.5. The van der Waals surface area contributed by atoms with Gasteiger partial charge in [-0.2, -0.15) is 0 Å². The minimum Gasteiger partial charge on any atom is -0.497 e. The van der Waals surface area contributed by atoms with Crippen LogP contribution in [-0.4, -0.2) is 30.0 Å². The Kier molecular flexibility index (Phi) is 5.90. The number of alkyl halides is 2. The van der Waals surface area contributed by atoms with E-state index in [-0.39, 0.29) is 5.56 Å². The molecule has 5 rings (SSSR count). The van der Waals surface area contributed by atoms with Crippen LogP contribution in [-0.2, 0) is 10.2 Å². The molecule has 0 bridgehead atoms. The summed E-state index contributed by atoms with van der Waals surface area (Å²) in [6, 6.07) is 19.8. The molecule has 1 saturated carbocycles. The van der Waals surface area contributed by atoms with E-state index in [1.165, 1.54) is 19.2 Å². The molecule has 2 N–H and O–H groups in total. The maximum atomic E-state index is 14.1. The third-order valence-electron chi connectivity index (χ3n) is 7.03. The molecule has 1 heterocycles. The number of hydrogen-bond acceptors (Lipinski definition) is 4. The largest absolute Gasteiger partial charge is 0.497 e. The Hall–Kier alpha value is -3.94. The van der Waals surface area contributed by atoms with Gasteiger partial charge in [0, 0.05) is 30.9 Å². The highest BCUT2D eigenvalue weighted by atomic mass is 19.3. The van der Waals surface area contributed by atoms with Crippen molar-refractivity contribution in [3.05, 3.63) is 95.1 Å². The van der Waals surface area contributed by atoms with Gasteiger partial charge in [-0.25, -0.2) is 13.6 Å². The fourth-order valence-corrected chi connectivity index (χ4v) is 5.14. The molecule has 3 aromatic rings. The van der Waals surface area contributed by atoms with Crippen LogP contribution in [0.1, 0.15) is 58.5 Å². The van der Waals surface area contributed by atoms with Crippen molar-refractivity contribution < 1.29 is 33.0 Å². The normalized spacial score (nSPS) is 21.3. The summed E-state index contributed by atoms with van der Waals surface area (Å²) in [7, 11) is 1.53. The molecule has 1 aliphatic heterocycles. The maximum Gasteiger partial charge on any atom is 0.335 e. The van der Waals surface area contributed by atoms with Gasteiger partial charge in [0.15, 0.2) is 0 Å². The summed E-state index contributed by atoms with van der Waals surface area (Å²) >= 11 is 0. The highest BCUT2D eigenvalue weighted by Gasteiger charge is 2.61. The molecule has 8 heteroatoms. The Morgan fingerprint density at radius 2 is 1.72 bits per heavy atom. The number of hydrogen-bond donors (Lipinski definition) is 2. The predicted octanol–water partition coefficient (Wildman–Crippen LogP) is 5.44. The number of carboxylic acid groups (broad SMARTS) is 1. The van der Waals surface area contributed by atoms with E-state index in [0.717, 1.165) is 11.1 Å². The first-order valence-corrected chi connectivity index (χ1v) is 11.6. The number of ether oxygens (including phenoxy) is 2. The number of aromatic carboxylic acids is 1. The molecule has 0 unspecified atom stereocenters. The molecular weight excluding hydrogens is 468 g/mol. The summed E-state index contributed by atoms with van der Waals surface area (Å²) in [5.74, 6) is -3.31. The van der Waals surface area contributed by atoms with Crippen molar-refractivity contribution in [3.63, 3.8) is 0 Å². The zero-order valence-electron chi connectivity index (χ0n) is 19.5. The van der Waals surface area contributed by atoms with Gasteiger partial charge in [-0.05, 0) is 35.4 Å². The highest BCUT2D eigenvalue weighted by molar-refractivity contribution is 5.90. The number of carbonyl (C=O) groups is 2. The number of nitrogens with one attached hydrogen (secondary N) is 1. The van der Waals surface area contributed by atoms with Gasteiger partial charge in [0.1, 0.15) is 17.6 Å². The first kappa shape index (κ1) is 23.8. The van der Waals surface area contributed by atoms with Crippen LogP contribution in [0.2, 0.25) is 0 Å². The Morgan fingerprint density at radius 3 is 2.33 bits per heavy atom. The van der Waals surface area contributed by atoms with E-state index in [2.05, 4.69) is 5.32 Å². The summed E-state index contributed by atoms with van der Waals surface area (Å²) in [5.41, 5.74) is 0.861. The summed E-state index contributed by atoms with van der Waals surface area (Å²) < 4.78 is 39.7. The number of methoxy groups -OCH3 is 1. The van der Waals surface area contributed by atoms with Crippen molar-refractivity contribution in [3.8, 4) is 11.5 Å². The van der Waals surface area contributed by atoms with Crippen molar-refractivity contribution in [1.29, 1.82) is 0 Å². The van der Waals surface area contributed by atoms with E-state index in [4.69, 9.17) is 9.47 Å². The van der Waals surface area contributed by atoms with E-state index in [9.17, 15) is 23.5 Å². The molecule has 0 saturated heterocycles. The monoisotopic (exact) mass is 493 g/mol. The molecule has 0 spiro atoms. The molecule has 6 nitrogen and oxygen atoms in total. The van der Waals surface area contributed by atoms with Crippen molar-refractivity contribution in [2.75, 3.05) is 7.11 Å². The predicted molar refractivity (Wildman–Crippen MR) is 128 cm³/mol. The average molecular weight is 494 g/mol. The van der Waals surface area contributed by atoms with Crippen molar-refractivity contribution >= 4 is 11.9 Å². The second-order valence-electron chi connectivity index (χ2n) is 9.36. The van der Waals surface area contributed by atoms with E-state index in [1.807, 2.05) is 0 Å². The third kappa shape index (κ3) is 4.27. The summed E-state index contributed by atoms with van der Waals surface area (Å²) in [6.07, 6.45) is -1.24. The van der Waals surface area contributed by atoms with Gasteiger partial charge in [0.2, 0.25) is 5.91 Å². The lowest BCUT2D eigenvalue weighted by Gasteiger charge is -2.47. The van der Waals surface area contributed by atoms with Crippen LogP contribution in [0.3, 0.4) is 0 Å². The summed E-state index contributed by atoms with van der Waals surface area (Å²) in [5, 5.41) is 12.2. The van der Waals surface area contributed by atoms with Crippen LogP contribution in [0.25, 0.3) is 0 Å². The Balaban J connectivity index is 1.47. The molecule has 1 amide bonds. The molecule has 2 aliphatic rings. The van der Waals surface area contributed by atoms with Crippen LogP contribution in [0.4, 0.5) is 8.78 Å². The molecule has 2 atom stereocenters.